The third kappa shape index (κ3) is 3.22. The van der Waals surface area contributed by atoms with Crippen LogP contribution in [0.5, 0.6) is 0 Å². The largest absolute Gasteiger partial charge is 0.641 e. The van der Waals surface area contributed by atoms with Gasteiger partial charge in [0.05, 0.1) is 0 Å². The van der Waals surface area contributed by atoms with Crippen molar-refractivity contribution >= 4 is 17.7 Å². The fraction of sp³-hybridized carbons (Fsp3) is 0.750. The van der Waals surface area contributed by atoms with Gasteiger partial charge in [0.15, 0.2) is 0 Å². The summed E-state index contributed by atoms with van der Waals surface area (Å²) in [7, 11) is 0. The summed E-state index contributed by atoms with van der Waals surface area (Å²) in [6.07, 6.45) is 0. The molecule has 0 aromatic carbocycles. The van der Waals surface area contributed by atoms with Gasteiger partial charge in [-0.25, -0.2) is 0 Å². The Kier molecular flexibility index (Phi) is 5.62. The van der Waals surface area contributed by atoms with Crippen LogP contribution >= 0.6 is 11.8 Å². The smallest absolute Gasteiger partial charge is 0.295 e. The predicted octanol–water partition coefficient (Wildman–Crippen LogP) is 0.518. The van der Waals surface area contributed by atoms with Crippen LogP contribution in [-0.4, -0.2) is 28.7 Å². The number of hydrogen-bond acceptors (Lipinski definition) is 2. The van der Waals surface area contributed by atoms with E-state index < -0.39 is 11.3 Å². The number of thioether (sulfide) groups is 1. The van der Waals surface area contributed by atoms with Crippen LogP contribution in [0.2, 0.25) is 0 Å². The summed E-state index contributed by atoms with van der Waals surface area (Å²) < 4.78 is 0. The van der Waals surface area contributed by atoms with Crippen LogP contribution in [0.1, 0.15) is 0 Å². The van der Waals surface area contributed by atoms with Gasteiger partial charge >= 0.3 is 0 Å². The molecule has 1 fully saturated rings. The Morgan fingerprint density at radius 2 is 2.44 bits per heavy atom. The molecular weight excluding hydrogens is 353 g/mol. The quantitative estimate of drug-likeness (QED) is 0.743. The second kappa shape index (κ2) is 4.95. The molecule has 1 unspecified atom stereocenters. The maximum atomic E-state index is 10.1. The van der Waals surface area contributed by atoms with E-state index in [4.69, 9.17) is 5.11 Å². The first kappa shape index (κ1) is 10.2. The Hall–Kier alpha value is 1.22. The molecule has 1 radical (unpaired) electrons. The topological polar surface area (TPSA) is 51.4 Å². The Balaban J connectivity index is 0.000000640. The number of carbonyl (C=O) groups is 1. The van der Waals surface area contributed by atoms with Gasteiger partial charge in [-0.3, -0.25) is 4.79 Å². The summed E-state index contributed by atoms with van der Waals surface area (Å²) in [5.74, 6) is 0.0456. The molecule has 1 atom stereocenters. The number of nitrogens with zero attached hydrogens (tertiary/aromatic N) is 1. The SMILES string of the molecule is O=C(O)C1[N-]CCS1.[Ac]. The van der Waals surface area contributed by atoms with E-state index in [0.717, 1.165) is 5.75 Å². The second-order valence-electron chi connectivity index (χ2n) is 1.47. The minimum absolute atomic E-state index is 0. The Labute approximate surface area is 93.5 Å². The molecule has 1 rings (SSSR count). The van der Waals surface area contributed by atoms with Gasteiger partial charge in [0.25, 0.3) is 5.97 Å². The normalized spacial score (nSPS) is 25.1. The summed E-state index contributed by atoms with van der Waals surface area (Å²) in [5, 5.41) is 11.6. The van der Waals surface area contributed by atoms with Crippen molar-refractivity contribution in [1.82, 2.24) is 0 Å². The van der Waals surface area contributed by atoms with Crippen LogP contribution in [0, 0.1) is 44.1 Å². The second-order valence-corrected chi connectivity index (χ2v) is 2.66. The molecule has 0 bridgehead atoms. The van der Waals surface area contributed by atoms with Crippen molar-refractivity contribution in [2.75, 3.05) is 12.3 Å². The first-order chi connectivity index (χ1) is 3.80. The first-order valence-electron chi connectivity index (χ1n) is 2.32. The molecule has 9 heavy (non-hydrogen) atoms. The Bertz CT molecular complexity index is 105. The molecule has 1 saturated heterocycles. The van der Waals surface area contributed by atoms with E-state index in [1.807, 2.05) is 0 Å². The number of hydrogen-bond donors (Lipinski definition) is 1. The fourth-order valence-electron chi connectivity index (χ4n) is 0.536. The molecular formula is C4H6AcNO2S-. The molecule has 0 amide bonds. The van der Waals surface area contributed by atoms with Crippen molar-refractivity contribution in [3.05, 3.63) is 5.32 Å². The van der Waals surface area contributed by atoms with E-state index in [-0.39, 0.29) is 44.1 Å². The van der Waals surface area contributed by atoms with Gasteiger partial charge in [-0.1, -0.05) is 0 Å². The van der Waals surface area contributed by atoms with Gasteiger partial charge in [-0.2, -0.15) is 11.8 Å². The van der Waals surface area contributed by atoms with Crippen LogP contribution in [0.4, 0.5) is 0 Å². The van der Waals surface area contributed by atoms with Gasteiger partial charge in [-0.05, 0) is 5.75 Å². The third-order valence-corrected chi connectivity index (χ3v) is 1.96. The molecule has 1 N–H and O–H groups in total. The molecule has 5 heteroatoms. The monoisotopic (exact) mass is 359 g/mol. The first-order valence-corrected chi connectivity index (χ1v) is 3.36. The van der Waals surface area contributed by atoms with Crippen LogP contribution in [0.15, 0.2) is 0 Å². The summed E-state index contributed by atoms with van der Waals surface area (Å²) in [6, 6.07) is 0. The van der Waals surface area contributed by atoms with Crippen LogP contribution < -0.4 is 0 Å². The van der Waals surface area contributed by atoms with E-state index in [1.54, 1.807) is 0 Å². The van der Waals surface area contributed by atoms with E-state index in [1.165, 1.54) is 11.8 Å². The van der Waals surface area contributed by atoms with Crippen LogP contribution in [-0.2, 0) is 4.79 Å². The molecule has 1 heterocycles. The number of carboxylic acids is 1. The summed E-state index contributed by atoms with van der Waals surface area (Å²) in [4.78, 5) is 10.1. The van der Waals surface area contributed by atoms with Gasteiger partial charge in [0, 0.05) is 49.4 Å². The van der Waals surface area contributed by atoms with Crippen molar-refractivity contribution in [3.63, 3.8) is 0 Å². The third-order valence-electron chi connectivity index (χ3n) is 0.873. The van der Waals surface area contributed by atoms with E-state index in [2.05, 4.69) is 5.32 Å². The predicted molar refractivity (Wildman–Crippen MR) is 32.1 cm³/mol. The number of carboxylic acid groups (broad SMARTS) is 1. The van der Waals surface area contributed by atoms with Crippen molar-refractivity contribution in [3.8, 4) is 0 Å². The van der Waals surface area contributed by atoms with Crippen LogP contribution in [0.3, 0.4) is 0 Å². The summed E-state index contributed by atoms with van der Waals surface area (Å²) >= 11 is 1.38. The minimum atomic E-state index is -0.812. The molecule has 0 aliphatic carbocycles. The molecule has 0 saturated carbocycles. The van der Waals surface area contributed by atoms with E-state index >= 15 is 0 Å². The Morgan fingerprint density at radius 3 is 2.67 bits per heavy atom. The van der Waals surface area contributed by atoms with Crippen LogP contribution in [0.25, 0.3) is 5.32 Å². The van der Waals surface area contributed by atoms with Gasteiger partial charge in [-0.15, -0.1) is 6.54 Å². The Morgan fingerprint density at radius 1 is 1.78 bits per heavy atom. The van der Waals surface area contributed by atoms with Crippen molar-refractivity contribution < 1.29 is 54.0 Å². The summed E-state index contributed by atoms with van der Waals surface area (Å²) in [5.41, 5.74) is 0. The standard InChI is InChI=1S/C4H6NO2S.Ac/c6-4(7)3-5-1-2-8-3;/h3H,1-2H2,(H,6,7);/q-1;. The van der Waals surface area contributed by atoms with Gasteiger partial charge < -0.3 is 10.4 Å². The maximum absolute atomic E-state index is 10.1. The number of aliphatic carboxylic acids is 1. The average Bonchev–Trinajstić information content (AvgIpc) is 2.12. The van der Waals surface area contributed by atoms with Gasteiger partial charge in [0.2, 0.25) is 0 Å². The molecule has 3 nitrogen and oxygen atoms in total. The zero-order valence-electron chi connectivity index (χ0n) is 4.78. The molecule has 0 spiro atoms. The minimum Gasteiger partial charge on any atom is -0.641 e. The molecule has 1 aliphatic rings. The molecule has 49 valence electrons. The van der Waals surface area contributed by atoms with E-state index in [0.29, 0.717) is 6.54 Å². The average molecular weight is 359 g/mol. The van der Waals surface area contributed by atoms with Crippen molar-refractivity contribution in [2.45, 2.75) is 5.37 Å². The zero-order chi connectivity index (χ0) is 5.98. The molecule has 1 aliphatic heterocycles. The number of rotatable bonds is 1. The van der Waals surface area contributed by atoms with Gasteiger partial charge in [0.1, 0.15) is 0 Å². The summed E-state index contributed by atoms with van der Waals surface area (Å²) in [6.45, 7) is 0.696. The molecule has 0 aromatic heterocycles. The molecule has 0 aromatic rings. The van der Waals surface area contributed by atoms with Crippen molar-refractivity contribution in [1.29, 1.82) is 0 Å². The fourth-order valence-corrected chi connectivity index (χ4v) is 1.32. The zero-order valence-corrected chi connectivity index (χ0v) is 10.3. The van der Waals surface area contributed by atoms with E-state index in [9.17, 15) is 4.79 Å². The van der Waals surface area contributed by atoms with Crippen molar-refractivity contribution in [2.24, 2.45) is 0 Å². The maximum Gasteiger partial charge on any atom is 0.295 e.